The van der Waals surface area contributed by atoms with Gasteiger partial charge in [0.2, 0.25) is 5.91 Å². The lowest BCUT2D eigenvalue weighted by molar-refractivity contribution is -0.120. The molecule has 0 spiro atoms. The van der Waals surface area contributed by atoms with Gasteiger partial charge < -0.3 is 10.6 Å². The van der Waals surface area contributed by atoms with Gasteiger partial charge in [-0.25, -0.2) is 4.68 Å². The lowest BCUT2D eigenvalue weighted by Crippen LogP contribution is -2.27. The number of amides is 2. The fourth-order valence-electron chi connectivity index (χ4n) is 1.58. The third-order valence-corrected chi connectivity index (χ3v) is 4.18. The van der Waals surface area contributed by atoms with Gasteiger partial charge in [0, 0.05) is 20.5 Å². The zero-order chi connectivity index (χ0) is 20.6. The van der Waals surface area contributed by atoms with Crippen molar-refractivity contribution < 1.29 is 9.59 Å². The van der Waals surface area contributed by atoms with Crippen LogP contribution in [0.2, 0.25) is 20.4 Å². The summed E-state index contributed by atoms with van der Waals surface area (Å²) in [7, 11) is 3.01. The maximum absolute atomic E-state index is 11.4. The highest BCUT2D eigenvalue weighted by molar-refractivity contribution is 6.41. The van der Waals surface area contributed by atoms with Gasteiger partial charge in [0.15, 0.2) is 10.3 Å². The lowest BCUT2D eigenvalue weighted by atomic mass is 10.3. The zero-order valence-corrected chi connectivity index (χ0v) is 17.1. The van der Waals surface area contributed by atoms with Crippen LogP contribution < -0.4 is 16.2 Å². The first-order chi connectivity index (χ1) is 12.7. The standard InChI is InChI=1S/C8H9Cl2N3O2.C6H5Cl2N3O/c1-11-6(14)2-3-13-8(15)7(10)5(9)4-12-13;1-9-6(12)3-2-4(7)10-11-5(3)8/h4H,2-3H2,1H3,(H,11,14);2H,1H3,(H,9,12). The Balaban J connectivity index is 0.000000277. The molecule has 2 heterocycles. The van der Waals surface area contributed by atoms with Crippen molar-refractivity contribution in [3.05, 3.63) is 48.5 Å². The average molecular weight is 456 g/mol. The topological polar surface area (TPSA) is 119 Å². The minimum atomic E-state index is -0.493. The molecule has 13 heteroatoms. The van der Waals surface area contributed by atoms with Gasteiger partial charge in [0.05, 0.1) is 23.3 Å². The van der Waals surface area contributed by atoms with Crippen molar-refractivity contribution in [2.75, 3.05) is 14.1 Å². The first kappa shape index (κ1) is 23.1. The Morgan fingerprint density at radius 1 is 1.11 bits per heavy atom. The fraction of sp³-hybridized carbons (Fsp3) is 0.286. The summed E-state index contributed by atoms with van der Waals surface area (Å²) >= 11 is 22.3. The number of halogens is 4. The number of nitrogens with one attached hydrogen (secondary N) is 2. The number of aromatic nitrogens is 4. The molecule has 146 valence electrons. The summed E-state index contributed by atoms with van der Waals surface area (Å²) in [6, 6.07) is 1.36. The first-order valence-corrected chi connectivity index (χ1v) is 8.74. The smallest absolute Gasteiger partial charge is 0.287 e. The van der Waals surface area contributed by atoms with Crippen LogP contribution in [0.3, 0.4) is 0 Å². The second-order valence-corrected chi connectivity index (χ2v) is 6.24. The number of hydrogen-bond donors (Lipinski definition) is 2. The predicted octanol–water partition coefficient (Wildman–Crippen LogP) is 1.83. The molecule has 2 amide bonds. The van der Waals surface area contributed by atoms with Crippen molar-refractivity contribution in [2.45, 2.75) is 13.0 Å². The monoisotopic (exact) mass is 454 g/mol. The van der Waals surface area contributed by atoms with Crippen LogP contribution in [0.4, 0.5) is 0 Å². The van der Waals surface area contributed by atoms with Gasteiger partial charge in [-0.3, -0.25) is 14.4 Å². The molecule has 2 aromatic heterocycles. The number of carbonyl (C=O) groups excluding carboxylic acids is 2. The molecular weight excluding hydrogens is 442 g/mol. The number of nitrogens with zero attached hydrogens (tertiary/aromatic N) is 4. The van der Waals surface area contributed by atoms with Gasteiger partial charge in [0.1, 0.15) is 5.02 Å². The molecule has 0 unspecified atom stereocenters. The van der Waals surface area contributed by atoms with Crippen LogP contribution in [0.1, 0.15) is 16.8 Å². The molecule has 0 aromatic carbocycles. The SMILES string of the molecule is CNC(=O)CCn1ncc(Cl)c(Cl)c1=O.CNC(=O)c1cc(Cl)nnc1Cl. The molecule has 0 radical (unpaired) electrons. The molecule has 0 aliphatic carbocycles. The Morgan fingerprint density at radius 2 is 1.78 bits per heavy atom. The number of aryl methyl sites for hydroxylation is 1. The van der Waals surface area contributed by atoms with Crippen molar-refractivity contribution in [3.8, 4) is 0 Å². The zero-order valence-electron chi connectivity index (χ0n) is 14.1. The summed E-state index contributed by atoms with van der Waals surface area (Å²) in [5, 5.41) is 15.7. The molecule has 0 atom stereocenters. The van der Waals surface area contributed by atoms with Gasteiger partial charge in [-0.1, -0.05) is 46.4 Å². The fourth-order valence-corrected chi connectivity index (χ4v) is 2.18. The van der Waals surface area contributed by atoms with Gasteiger partial charge >= 0.3 is 0 Å². The second-order valence-electron chi connectivity index (χ2n) is 4.71. The average Bonchev–Trinajstić information content (AvgIpc) is 2.67. The summed E-state index contributed by atoms with van der Waals surface area (Å²) in [4.78, 5) is 33.4. The van der Waals surface area contributed by atoms with Crippen molar-refractivity contribution in [1.29, 1.82) is 0 Å². The summed E-state index contributed by atoms with van der Waals surface area (Å²) in [5.74, 6) is -0.508. The van der Waals surface area contributed by atoms with E-state index in [9.17, 15) is 14.4 Å². The van der Waals surface area contributed by atoms with E-state index in [1.165, 1.54) is 26.4 Å². The highest BCUT2D eigenvalue weighted by Gasteiger charge is 2.10. The molecule has 0 fully saturated rings. The molecule has 0 bridgehead atoms. The van der Waals surface area contributed by atoms with E-state index in [1.54, 1.807) is 0 Å². The second kappa shape index (κ2) is 11.0. The quantitative estimate of drug-likeness (QED) is 0.725. The maximum Gasteiger partial charge on any atom is 0.287 e. The van der Waals surface area contributed by atoms with E-state index < -0.39 is 5.56 Å². The van der Waals surface area contributed by atoms with E-state index in [4.69, 9.17) is 46.4 Å². The number of carbonyl (C=O) groups is 2. The van der Waals surface area contributed by atoms with Crippen LogP contribution in [0.25, 0.3) is 0 Å². The van der Waals surface area contributed by atoms with Gasteiger partial charge in [0.25, 0.3) is 11.5 Å². The first-order valence-electron chi connectivity index (χ1n) is 7.23. The van der Waals surface area contributed by atoms with Crippen LogP contribution in [0, 0.1) is 0 Å². The van der Waals surface area contributed by atoms with Gasteiger partial charge in [-0.15, -0.1) is 10.2 Å². The van der Waals surface area contributed by atoms with Gasteiger partial charge in [-0.05, 0) is 6.07 Å². The molecule has 0 aliphatic heterocycles. The lowest BCUT2D eigenvalue weighted by Gasteiger charge is -2.04. The highest BCUT2D eigenvalue weighted by Crippen LogP contribution is 2.15. The van der Waals surface area contributed by atoms with E-state index in [-0.39, 0.29) is 50.7 Å². The third-order valence-electron chi connectivity index (χ3n) is 2.96. The van der Waals surface area contributed by atoms with Crippen LogP contribution in [0.5, 0.6) is 0 Å². The Morgan fingerprint density at radius 3 is 2.37 bits per heavy atom. The van der Waals surface area contributed by atoms with Crippen LogP contribution in [-0.2, 0) is 11.3 Å². The van der Waals surface area contributed by atoms with Crippen molar-refractivity contribution in [3.63, 3.8) is 0 Å². The Labute approximate surface area is 174 Å². The van der Waals surface area contributed by atoms with E-state index in [2.05, 4.69) is 25.9 Å². The molecule has 2 N–H and O–H groups in total. The summed E-state index contributed by atoms with van der Waals surface area (Å²) < 4.78 is 1.10. The molecule has 0 saturated heterocycles. The molecule has 0 saturated carbocycles. The predicted molar refractivity (Wildman–Crippen MR) is 103 cm³/mol. The Hall–Kier alpha value is -1.94. The van der Waals surface area contributed by atoms with Crippen molar-refractivity contribution in [1.82, 2.24) is 30.6 Å². The van der Waals surface area contributed by atoms with E-state index in [1.807, 2.05) is 0 Å². The third kappa shape index (κ3) is 6.94. The van der Waals surface area contributed by atoms with E-state index in [0.29, 0.717) is 0 Å². The molecule has 0 aliphatic rings. The van der Waals surface area contributed by atoms with E-state index in [0.717, 1.165) is 4.68 Å². The summed E-state index contributed by atoms with van der Waals surface area (Å²) in [5.41, 5.74) is -0.271. The minimum absolute atomic E-state index is 0.0405. The summed E-state index contributed by atoms with van der Waals surface area (Å²) in [6.45, 7) is 0.176. The van der Waals surface area contributed by atoms with Crippen molar-refractivity contribution in [2.24, 2.45) is 0 Å². The van der Waals surface area contributed by atoms with Crippen LogP contribution >= 0.6 is 46.4 Å². The normalized spacial score (nSPS) is 9.85. The van der Waals surface area contributed by atoms with Gasteiger partial charge in [-0.2, -0.15) is 5.10 Å². The van der Waals surface area contributed by atoms with Crippen LogP contribution in [0.15, 0.2) is 17.1 Å². The number of hydrogen-bond acceptors (Lipinski definition) is 6. The summed E-state index contributed by atoms with van der Waals surface area (Å²) in [6.07, 6.45) is 1.44. The molecule has 9 nitrogen and oxygen atoms in total. The molecule has 27 heavy (non-hydrogen) atoms. The molecule has 2 aromatic rings. The van der Waals surface area contributed by atoms with Crippen molar-refractivity contribution >= 4 is 58.2 Å². The Kier molecular flexibility index (Phi) is 9.44. The van der Waals surface area contributed by atoms with E-state index >= 15 is 0 Å². The maximum atomic E-state index is 11.4. The largest absolute Gasteiger partial charge is 0.359 e. The molecule has 2 rings (SSSR count). The minimum Gasteiger partial charge on any atom is -0.359 e. The molecular formula is C14H14Cl4N6O3. The highest BCUT2D eigenvalue weighted by atomic mass is 35.5. The number of rotatable bonds is 4. The van der Waals surface area contributed by atoms with Crippen LogP contribution in [-0.4, -0.2) is 45.9 Å². The Bertz CT molecular complexity index is 890.